The Balaban J connectivity index is 1.59. The molecule has 0 bridgehead atoms. The van der Waals surface area contributed by atoms with Crippen molar-refractivity contribution in [2.75, 3.05) is 38.2 Å². The third-order valence-corrected chi connectivity index (χ3v) is 7.98. The van der Waals surface area contributed by atoms with E-state index in [0.29, 0.717) is 11.5 Å². The molecule has 2 atom stereocenters. The van der Waals surface area contributed by atoms with Crippen molar-refractivity contribution >= 4 is 9.84 Å². The van der Waals surface area contributed by atoms with Gasteiger partial charge in [-0.15, -0.1) is 0 Å². The standard InChI is InChI=1S/C20H30N2O3S/c1-3-7-21-8-9-22(19-14-26(23,24)13-18(19)21)12-17-10-15-5-4-6-16(15)11-20(17)25-2/h10-11,18-19H,3-9,12-14H2,1-2H3/t18-,19+/m1/s1. The van der Waals surface area contributed by atoms with Crippen LogP contribution in [-0.2, 0) is 29.2 Å². The summed E-state index contributed by atoms with van der Waals surface area (Å²) in [6.07, 6.45) is 4.59. The van der Waals surface area contributed by atoms with E-state index in [-0.39, 0.29) is 12.1 Å². The van der Waals surface area contributed by atoms with Gasteiger partial charge in [0.05, 0.1) is 18.6 Å². The third-order valence-electron chi connectivity index (χ3n) is 6.29. The molecule has 144 valence electrons. The van der Waals surface area contributed by atoms with E-state index in [1.807, 2.05) is 0 Å². The van der Waals surface area contributed by atoms with E-state index in [9.17, 15) is 8.42 Å². The first kappa shape index (κ1) is 18.3. The number of fused-ring (bicyclic) bond motifs is 2. The average Bonchev–Trinajstić information content (AvgIpc) is 3.19. The monoisotopic (exact) mass is 378 g/mol. The Morgan fingerprint density at radius 2 is 1.73 bits per heavy atom. The summed E-state index contributed by atoms with van der Waals surface area (Å²) in [5.74, 6) is 1.57. The van der Waals surface area contributed by atoms with E-state index < -0.39 is 9.84 Å². The molecule has 5 nitrogen and oxygen atoms in total. The summed E-state index contributed by atoms with van der Waals surface area (Å²) in [7, 11) is -1.21. The lowest BCUT2D eigenvalue weighted by molar-refractivity contribution is 0.0401. The van der Waals surface area contributed by atoms with Gasteiger partial charge in [-0.25, -0.2) is 8.42 Å². The first-order valence-corrected chi connectivity index (χ1v) is 11.7. The van der Waals surface area contributed by atoms with E-state index >= 15 is 0 Å². The lowest BCUT2D eigenvalue weighted by atomic mass is 10.0. The van der Waals surface area contributed by atoms with Gasteiger partial charge in [-0.3, -0.25) is 9.80 Å². The number of sulfone groups is 1. The van der Waals surface area contributed by atoms with Crippen molar-refractivity contribution < 1.29 is 13.2 Å². The Kier molecular flexibility index (Phi) is 5.01. The van der Waals surface area contributed by atoms with Crippen LogP contribution in [0.2, 0.25) is 0 Å². The fourth-order valence-corrected chi connectivity index (χ4v) is 7.09. The van der Waals surface area contributed by atoms with Gasteiger partial charge < -0.3 is 4.74 Å². The molecule has 0 radical (unpaired) electrons. The predicted molar refractivity (Wildman–Crippen MR) is 104 cm³/mol. The molecule has 1 aliphatic carbocycles. The maximum absolute atomic E-state index is 12.3. The van der Waals surface area contributed by atoms with Crippen molar-refractivity contribution in [1.29, 1.82) is 0 Å². The maximum Gasteiger partial charge on any atom is 0.153 e. The fraction of sp³-hybridized carbons (Fsp3) is 0.700. The zero-order valence-electron chi connectivity index (χ0n) is 15.9. The molecule has 1 aromatic carbocycles. The van der Waals surface area contributed by atoms with Crippen LogP contribution in [0.25, 0.3) is 0 Å². The number of rotatable bonds is 5. The molecule has 2 saturated heterocycles. The van der Waals surface area contributed by atoms with Crippen LogP contribution in [0.5, 0.6) is 5.75 Å². The molecule has 6 heteroatoms. The zero-order valence-corrected chi connectivity index (χ0v) is 16.7. The van der Waals surface area contributed by atoms with Gasteiger partial charge >= 0.3 is 0 Å². The Morgan fingerprint density at radius 3 is 2.42 bits per heavy atom. The second-order valence-corrected chi connectivity index (χ2v) is 10.2. The SMILES string of the molecule is CCCN1CCN(Cc2cc3c(cc2OC)CCC3)[C@H]2CS(=O)(=O)C[C@H]21. The number of nitrogens with zero attached hydrogens (tertiary/aromatic N) is 2. The normalized spacial score (nSPS) is 28.1. The van der Waals surface area contributed by atoms with Crippen molar-refractivity contribution in [2.45, 2.75) is 51.2 Å². The predicted octanol–water partition coefficient (Wildman–Crippen LogP) is 1.88. The van der Waals surface area contributed by atoms with Crippen LogP contribution in [-0.4, -0.2) is 68.6 Å². The molecule has 2 fully saturated rings. The van der Waals surface area contributed by atoms with Gasteiger partial charge in [-0.1, -0.05) is 13.0 Å². The lowest BCUT2D eigenvalue weighted by Crippen LogP contribution is -2.58. The van der Waals surface area contributed by atoms with E-state index in [4.69, 9.17) is 4.74 Å². The van der Waals surface area contributed by atoms with Crippen LogP contribution < -0.4 is 4.74 Å². The molecule has 0 unspecified atom stereocenters. The van der Waals surface area contributed by atoms with Crippen molar-refractivity contribution in [1.82, 2.24) is 9.80 Å². The molecule has 1 aromatic rings. The van der Waals surface area contributed by atoms with Crippen LogP contribution in [0.3, 0.4) is 0 Å². The molecule has 2 aliphatic heterocycles. The molecule has 4 rings (SSSR count). The average molecular weight is 379 g/mol. The number of hydrogen-bond donors (Lipinski definition) is 0. The van der Waals surface area contributed by atoms with E-state index in [1.165, 1.54) is 23.1 Å². The van der Waals surface area contributed by atoms with E-state index in [1.54, 1.807) is 7.11 Å². The summed E-state index contributed by atoms with van der Waals surface area (Å²) in [6, 6.07) is 4.76. The molecule has 26 heavy (non-hydrogen) atoms. The van der Waals surface area contributed by atoms with Crippen LogP contribution >= 0.6 is 0 Å². The number of hydrogen-bond acceptors (Lipinski definition) is 5. The Bertz CT molecular complexity index is 778. The highest BCUT2D eigenvalue weighted by molar-refractivity contribution is 7.91. The van der Waals surface area contributed by atoms with Crippen LogP contribution in [0, 0.1) is 0 Å². The molecule has 0 N–H and O–H groups in total. The minimum atomic E-state index is -2.95. The first-order chi connectivity index (χ1) is 12.5. The number of aryl methyl sites for hydroxylation is 2. The first-order valence-electron chi connectivity index (χ1n) is 9.88. The highest BCUT2D eigenvalue weighted by Gasteiger charge is 2.46. The summed E-state index contributed by atoms with van der Waals surface area (Å²) in [4.78, 5) is 4.78. The van der Waals surface area contributed by atoms with Gasteiger partial charge in [0, 0.05) is 37.3 Å². The molecular formula is C20H30N2O3S. The second kappa shape index (κ2) is 7.13. The summed E-state index contributed by atoms with van der Waals surface area (Å²) in [5, 5.41) is 0. The highest BCUT2D eigenvalue weighted by Crippen LogP contribution is 2.33. The highest BCUT2D eigenvalue weighted by atomic mass is 32.2. The molecule has 0 amide bonds. The van der Waals surface area contributed by atoms with Gasteiger partial charge in [-0.2, -0.15) is 0 Å². The summed E-state index contributed by atoms with van der Waals surface area (Å²) >= 11 is 0. The largest absolute Gasteiger partial charge is 0.496 e. The minimum Gasteiger partial charge on any atom is -0.496 e. The van der Waals surface area contributed by atoms with Crippen molar-refractivity contribution in [3.63, 3.8) is 0 Å². The zero-order chi connectivity index (χ0) is 18.3. The quantitative estimate of drug-likeness (QED) is 0.783. The summed E-state index contributed by atoms with van der Waals surface area (Å²) < 4.78 is 30.4. The third kappa shape index (κ3) is 3.39. The molecular weight excluding hydrogens is 348 g/mol. The Morgan fingerprint density at radius 1 is 1.08 bits per heavy atom. The van der Waals surface area contributed by atoms with Crippen LogP contribution in [0.1, 0.15) is 36.5 Å². The van der Waals surface area contributed by atoms with E-state index in [2.05, 4.69) is 28.9 Å². The minimum absolute atomic E-state index is 0.110. The van der Waals surface area contributed by atoms with Crippen molar-refractivity contribution in [3.05, 3.63) is 28.8 Å². The maximum atomic E-state index is 12.3. The summed E-state index contributed by atoms with van der Waals surface area (Å²) in [5.41, 5.74) is 4.07. The van der Waals surface area contributed by atoms with E-state index in [0.717, 1.165) is 51.2 Å². The summed E-state index contributed by atoms with van der Waals surface area (Å²) in [6.45, 7) is 5.83. The number of benzene rings is 1. The fourth-order valence-electron chi connectivity index (χ4n) is 5.04. The van der Waals surface area contributed by atoms with Crippen molar-refractivity contribution in [2.24, 2.45) is 0 Å². The topological polar surface area (TPSA) is 49.9 Å². The molecule has 3 aliphatic rings. The van der Waals surface area contributed by atoms with Crippen LogP contribution in [0.15, 0.2) is 12.1 Å². The number of piperazine rings is 1. The van der Waals surface area contributed by atoms with Gasteiger partial charge in [0.25, 0.3) is 0 Å². The second-order valence-electron chi connectivity index (χ2n) is 8.00. The van der Waals surface area contributed by atoms with Gasteiger partial charge in [0.1, 0.15) is 5.75 Å². The van der Waals surface area contributed by atoms with Gasteiger partial charge in [-0.05, 0) is 49.4 Å². The molecule has 0 spiro atoms. The smallest absolute Gasteiger partial charge is 0.153 e. The van der Waals surface area contributed by atoms with Crippen molar-refractivity contribution in [3.8, 4) is 5.75 Å². The number of ether oxygens (including phenoxy) is 1. The number of methoxy groups -OCH3 is 1. The van der Waals surface area contributed by atoms with Crippen LogP contribution in [0.4, 0.5) is 0 Å². The van der Waals surface area contributed by atoms with Gasteiger partial charge in [0.15, 0.2) is 9.84 Å². The Labute approximate surface area is 157 Å². The Hall–Kier alpha value is -1.11. The van der Waals surface area contributed by atoms with Gasteiger partial charge in [0.2, 0.25) is 0 Å². The molecule has 0 saturated carbocycles. The lowest BCUT2D eigenvalue weighted by Gasteiger charge is -2.44. The molecule has 2 heterocycles. The molecule has 0 aromatic heterocycles.